The Morgan fingerprint density at radius 1 is 1.17 bits per heavy atom. The van der Waals surface area contributed by atoms with Gasteiger partial charge in [-0.05, 0) is 57.0 Å². The van der Waals surface area contributed by atoms with Gasteiger partial charge in [-0.3, -0.25) is 4.79 Å². The molecule has 0 atom stereocenters. The number of benzene rings is 1. The van der Waals surface area contributed by atoms with Crippen LogP contribution in [0, 0.1) is 26.6 Å². The number of nitrogens with one attached hydrogen (secondary N) is 1. The van der Waals surface area contributed by atoms with Gasteiger partial charge in [0, 0.05) is 12.1 Å². The molecular formula is C22H20FN3O3. The van der Waals surface area contributed by atoms with Gasteiger partial charge in [-0.2, -0.15) is 0 Å². The predicted molar refractivity (Wildman–Crippen MR) is 106 cm³/mol. The quantitative estimate of drug-likeness (QED) is 0.539. The summed E-state index contributed by atoms with van der Waals surface area (Å²) >= 11 is 0. The third kappa shape index (κ3) is 3.76. The third-order valence-corrected chi connectivity index (χ3v) is 4.77. The second-order valence-electron chi connectivity index (χ2n) is 6.97. The SMILES string of the molecule is Cc1cc(-c2cc(C(=O)NCCc3cccc(F)c3)c3c(C)noc3n2)c(C)o1. The summed E-state index contributed by atoms with van der Waals surface area (Å²) in [6, 6.07) is 9.93. The lowest BCUT2D eigenvalue weighted by atomic mass is 10.1. The van der Waals surface area contributed by atoms with Crippen molar-refractivity contribution in [1.82, 2.24) is 15.5 Å². The molecule has 0 fully saturated rings. The van der Waals surface area contributed by atoms with E-state index in [1.54, 1.807) is 19.1 Å². The Balaban J connectivity index is 1.63. The van der Waals surface area contributed by atoms with Crippen molar-refractivity contribution in [3.63, 3.8) is 0 Å². The molecule has 29 heavy (non-hydrogen) atoms. The number of carbonyl (C=O) groups excluding carboxylic acids is 1. The summed E-state index contributed by atoms with van der Waals surface area (Å²) in [5.41, 5.74) is 3.52. The number of furan rings is 1. The van der Waals surface area contributed by atoms with Crippen LogP contribution in [-0.2, 0) is 6.42 Å². The monoisotopic (exact) mass is 393 g/mol. The fourth-order valence-electron chi connectivity index (χ4n) is 3.40. The molecule has 1 amide bonds. The molecule has 0 radical (unpaired) electrons. The zero-order valence-corrected chi connectivity index (χ0v) is 16.4. The maximum absolute atomic E-state index is 13.3. The van der Waals surface area contributed by atoms with Crippen LogP contribution in [0.2, 0.25) is 0 Å². The van der Waals surface area contributed by atoms with Crippen LogP contribution in [0.3, 0.4) is 0 Å². The molecule has 4 aromatic rings. The van der Waals surface area contributed by atoms with Crippen LogP contribution in [0.5, 0.6) is 0 Å². The number of aromatic nitrogens is 2. The standard InChI is InChI=1S/C22H20FN3O3/c1-12-9-17(14(3)28-12)19-11-18(20-13(2)26-29-22(20)25-19)21(27)24-8-7-15-5-4-6-16(23)10-15/h4-6,9-11H,7-8H2,1-3H3,(H,24,27). The summed E-state index contributed by atoms with van der Waals surface area (Å²) in [7, 11) is 0. The number of hydrogen-bond acceptors (Lipinski definition) is 5. The molecule has 0 bridgehead atoms. The number of nitrogens with zero attached hydrogens (tertiary/aromatic N) is 2. The fourth-order valence-corrected chi connectivity index (χ4v) is 3.40. The summed E-state index contributed by atoms with van der Waals surface area (Å²) in [5.74, 6) is 0.914. The number of carbonyl (C=O) groups is 1. The minimum atomic E-state index is -0.291. The van der Waals surface area contributed by atoms with Crippen molar-refractivity contribution in [2.24, 2.45) is 0 Å². The minimum absolute atomic E-state index is 0.265. The lowest BCUT2D eigenvalue weighted by Crippen LogP contribution is -2.26. The highest BCUT2D eigenvalue weighted by Crippen LogP contribution is 2.30. The first-order chi connectivity index (χ1) is 13.9. The molecule has 1 N–H and O–H groups in total. The van der Waals surface area contributed by atoms with Gasteiger partial charge in [0.15, 0.2) is 0 Å². The van der Waals surface area contributed by atoms with Crippen LogP contribution in [0.4, 0.5) is 4.39 Å². The fraction of sp³-hybridized carbons (Fsp3) is 0.227. The van der Waals surface area contributed by atoms with Crippen molar-refractivity contribution in [3.8, 4) is 11.3 Å². The zero-order valence-electron chi connectivity index (χ0n) is 16.4. The number of hydrogen-bond donors (Lipinski definition) is 1. The maximum Gasteiger partial charge on any atom is 0.259 e. The van der Waals surface area contributed by atoms with Gasteiger partial charge < -0.3 is 14.3 Å². The van der Waals surface area contributed by atoms with Gasteiger partial charge in [0.05, 0.1) is 22.3 Å². The zero-order chi connectivity index (χ0) is 20.5. The van der Waals surface area contributed by atoms with Crippen molar-refractivity contribution < 1.29 is 18.1 Å². The van der Waals surface area contributed by atoms with E-state index in [2.05, 4.69) is 15.5 Å². The van der Waals surface area contributed by atoms with Crippen molar-refractivity contribution in [2.45, 2.75) is 27.2 Å². The number of rotatable bonds is 5. The molecule has 3 heterocycles. The van der Waals surface area contributed by atoms with Crippen LogP contribution < -0.4 is 5.32 Å². The molecule has 6 nitrogen and oxygen atoms in total. The Morgan fingerprint density at radius 2 is 2.00 bits per heavy atom. The summed E-state index contributed by atoms with van der Waals surface area (Å²) in [6.45, 7) is 5.84. The first-order valence-corrected chi connectivity index (χ1v) is 9.29. The van der Waals surface area contributed by atoms with Crippen LogP contribution in [0.15, 0.2) is 45.3 Å². The van der Waals surface area contributed by atoms with Gasteiger partial charge in [0.2, 0.25) is 0 Å². The molecule has 7 heteroatoms. The average Bonchev–Trinajstić information content (AvgIpc) is 3.22. The molecule has 148 valence electrons. The molecule has 0 aliphatic rings. The van der Waals surface area contributed by atoms with E-state index in [1.165, 1.54) is 12.1 Å². The average molecular weight is 393 g/mol. The van der Waals surface area contributed by atoms with Gasteiger partial charge in [-0.1, -0.05) is 17.3 Å². The molecule has 0 unspecified atom stereocenters. The molecule has 0 saturated heterocycles. The predicted octanol–water partition coefficient (Wildman–Crippen LogP) is 4.52. The Bertz CT molecular complexity index is 1210. The minimum Gasteiger partial charge on any atom is -0.466 e. The van der Waals surface area contributed by atoms with Crippen LogP contribution in [0.25, 0.3) is 22.4 Å². The Morgan fingerprint density at radius 3 is 2.72 bits per heavy atom. The highest BCUT2D eigenvalue weighted by atomic mass is 19.1. The normalized spacial score (nSPS) is 11.2. The largest absolute Gasteiger partial charge is 0.466 e. The Hall–Kier alpha value is -3.48. The van der Waals surface area contributed by atoms with E-state index in [1.807, 2.05) is 26.0 Å². The summed E-state index contributed by atoms with van der Waals surface area (Å²) in [6.07, 6.45) is 0.521. The van der Waals surface area contributed by atoms with Crippen LogP contribution in [-0.4, -0.2) is 22.6 Å². The second kappa shape index (κ2) is 7.50. The number of amides is 1. The van der Waals surface area contributed by atoms with Gasteiger partial charge in [-0.15, -0.1) is 0 Å². The lowest BCUT2D eigenvalue weighted by molar-refractivity contribution is 0.0955. The van der Waals surface area contributed by atoms with Gasteiger partial charge in [0.25, 0.3) is 11.6 Å². The van der Waals surface area contributed by atoms with Crippen molar-refractivity contribution >= 4 is 17.0 Å². The molecule has 1 aromatic carbocycles. The lowest BCUT2D eigenvalue weighted by Gasteiger charge is -2.08. The van der Waals surface area contributed by atoms with Gasteiger partial charge in [0.1, 0.15) is 17.3 Å². The smallest absolute Gasteiger partial charge is 0.259 e. The van der Waals surface area contributed by atoms with E-state index in [-0.39, 0.29) is 11.7 Å². The van der Waals surface area contributed by atoms with Crippen LogP contribution in [0.1, 0.15) is 33.1 Å². The molecule has 3 aromatic heterocycles. The van der Waals surface area contributed by atoms with E-state index in [9.17, 15) is 9.18 Å². The van der Waals surface area contributed by atoms with E-state index >= 15 is 0 Å². The molecule has 0 spiro atoms. The number of fused-ring (bicyclic) bond motifs is 1. The van der Waals surface area contributed by atoms with E-state index in [4.69, 9.17) is 8.94 Å². The van der Waals surface area contributed by atoms with Crippen molar-refractivity contribution in [3.05, 3.63) is 70.6 Å². The molecule has 4 rings (SSSR count). The molecule has 0 saturated carbocycles. The molecule has 0 aliphatic carbocycles. The maximum atomic E-state index is 13.3. The third-order valence-electron chi connectivity index (χ3n) is 4.77. The summed E-state index contributed by atoms with van der Waals surface area (Å²) in [5, 5.41) is 7.43. The van der Waals surface area contributed by atoms with Gasteiger partial charge in [-0.25, -0.2) is 9.37 Å². The van der Waals surface area contributed by atoms with E-state index < -0.39 is 0 Å². The Labute approximate surface area is 166 Å². The summed E-state index contributed by atoms with van der Waals surface area (Å²) < 4.78 is 24.2. The second-order valence-corrected chi connectivity index (χ2v) is 6.97. The topological polar surface area (TPSA) is 81.2 Å². The van der Waals surface area contributed by atoms with Crippen molar-refractivity contribution in [1.29, 1.82) is 0 Å². The Kier molecular flexibility index (Phi) is 4.88. The first-order valence-electron chi connectivity index (χ1n) is 9.29. The number of halogens is 1. The molecule has 0 aliphatic heterocycles. The first kappa shape index (κ1) is 18.9. The van der Waals surface area contributed by atoms with E-state index in [0.717, 1.165) is 16.9 Å². The molecular weight excluding hydrogens is 373 g/mol. The highest BCUT2D eigenvalue weighted by molar-refractivity contribution is 6.07. The number of pyridine rings is 1. The highest BCUT2D eigenvalue weighted by Gasteiger charge is 2.20. The van der Waals surface area contributed by atoms with Crippen molar-refractivity contribution in [2.75, 3.05) is 6.54 Å². The summed E-state index contributed by atoms with van der Waals surface area (Å²) in [4.78, 5) is 17.4. The van der Waals surface area contributed by atoms with E-state index in [0.29, 0.717) is 46.8 Å². The van der Waals surface area contributed by atoms with Crippen LogP contribution >= 0.6 is 0 Å². The number of aryl methyl sites for hydroxylation is 3. The van der Waals surface area contributed by atoms with Gasteiger partial charge >= 0.3 is 0 Å².